The zero-order valence-corrected chi connectivity index (χ0v) is 18.1. The Hall–Kier alpha value is -2.73. The van der Waals surface area contributed by atoms with Gasteiger partial charge in [-0.05, 0) is 37.1 Å². The lowest BCUT2D eigenvalue weighted by molar-refractivity contribution is 0.131. The minimum absolute atomic E-state index is 0.590. The van der Waals surface area contributed by atoms with Crippen LogP contribution in [-0.2, 0) is 6.54 Å². The van der Waals surface area contributed by atoms with E-state index in [-0.39, 0.29) is 0 Å². The minimum atomic E-state index is 0.590. The van der Waals surface area contributed by atoms with Crippen LogP contribution >= 0.6 is 0 Å². The normalized spacial score (nSPS) is 15.0. The molecule has 29 heavy (non-hydrogen) atoms. The van der Waals surface area contributed by atoms with E-state index in [4.69, 9.17) is 14.2 Å². The predicted molar refractivity (Wildman–Crippen MR) is 116 cm³/mol. The summed E-state index contributed by atoms with van der Waals surface area (Å²) < 4.78 is 16.2. The molecule has 1 aliphatic heterocycles. The highest BCUT2D eigenvalue weighted by Gasteiger charge is 2.17. The van der Waals surface area contributed by atoms with E-state index in [9.17, 15) is 0 Å². The second-order valence-electron chi connectivity index (χ2n) is 7.36. The van der Waals surface area contributed by atoms with Gasteiger partial charge in [-0.1, -0.05) is 23.8 Å². The summed E-state index contributed by atoms with van der Waals surface area (Å²) in [6.45, 7) is 9.15. The molecule has 0 aromatic heterocycles. The quantitative estimate of drug-likeness (QED) is 0.670. The molecule has 0 bridgehead atoms. The largest absolute Gasteiger partial charge is 0.493 e. The molecule has 0 radical (unpaired) electrons. The fourth-order valence-electron chi connectivity index (χ4n) is 3.60. The first-order chi connectivity index (χ1) is 14.0. The fourth-order valence-corrected chi connectivity index (χ4v) is 3.60. The van der Waals surface area contributed by atoms with E-state index in [1.165, 1.54) is 16.7 Å². The van der Waals surface area contributed by atoms with Gasteiger partial charge in [0.05, 0.1) is 27.5 Å². The average Bonchev–Trinajstić information content (AvgIpc) is 2.74. The molecule has 0 aliphatic carbocycles. The van der Waals surface area contributed by atoms with Crippen LogP contribution in [0.15, 0.2) is 35.4 Å². The van der Waals surface area contributed by atoms with Crippen LogP contribution in [0.3, 0.4) is 0 Å². The van der Waals surface area contributed by atoms with Crippen molar-refractivity contribution in [2.45, 2.75) is 20.4 Å². The van der Waals surface area contributed by atoms with Crippen molar-refractivity contribution < 1.29 is 14.2 Å². The molecule has 0 atom stereocenters. The highest BCUT2D eigenvalue weighted by atomic mass is 16.5. The predicted octanol–water partition coefficient (Wildman–Crippen LogP) is 3.48. The van der Waals surface area contributed by atoms with Gasteiger partial charge < -0.3 is 14.2 Å². The molecular formula is C23H31N3O3. The highest BCUT2D eigenvalue weighted by molar-refractivity contribution is 5.82. The van der Waals surface area contributed by atoms with Crippen LogP contribution in [0.4, 0.5) is 0 Å². The molecule has 2 aromatic rings. The first-order valence-electron chi connectivity index (χ1n) is 9.91. The van der Waals surface area contributed by atoms with Gasteiger partial charge in [-0.3, -0.25) is 9.91 Å². The summed E-state index contributed by atoms with van der Waals surface area (Å²) in [5.74, 6) is 1.85. The Morgan fingerprint density at radius 1 is 0.897 bits per heavy atom. The molecule has 2 aromatic carbocycles. The number of ether oxygens (including phenoxy) is 3. The van der Waals surface area contributed by atoms with E-state index in [1.54, 1.807) is 21.3 Å². The fraction of sp³-hybridized carbons (Fsp3) is 0.435. The molecule has 0 saturated carbocycles. The Morgan fingerprint density at radius 2 is 1.55 bits per heavy atom. The number of piperazine rings is 1. The number of hydrazone groups is 1. The Balaban J connectivity index is 1.60. The summed E-state index contributed by atoms with van der Waals surface area (Å²) >= 11 is 0. The van der Waals surface area contributed by atoms with Gasteiger partial charge in [0.2, 0.25) is 5.75 Å². The van der Waals surface area contributed by atoms with Crippen molar-refractivity contribution in [2.24, 2.45) is 5.10 Å². The molecule has 6 heteroatoms. The number of benzene rings is 2. The van der Waals surface area contributed by atoms with E-state index < -0.39 is 0 Å². The molecule has 1 fully saturated rings. The summed E-state index contributed by atoms with van der Waals surface area (Å²) in [6, 6.07) is 10.5. The van der Waals surface area contributed by atoms with Gasteiger partial charge >= 0.3 is 0 Å². The van der Waals surface area contributed by atoms with Crippen LogP contribution in [0, 0.1) is 13.8 Å². The third-order valence-corrected chi connectivity index (χ3v) is 5.30. The first-order valence-corrected chi connectivity index (χ1v) is 9.91. The topological polar surface area (TPSA) is 46.5 Å². The number of nitrogens with zero attached hydrogens (tertiary/aromatic N) is 3. The third-order valence-electron chi connectivity index (χ3n) is 5.30. The van der Waals surface area contributed by atoms with Gasteiger partial charge in [0.15, 0.2) is 11.5 Å². The molecule has 0 amide bonds. The summed E-state index contributed by atoms with van der Waals surface area (Å²) in [5, 5.41) is 6.77. The van der Waals surface area contributed by atoms with Crippen molar-refractivity contribution >= 4 is 6.21 Å². The number of rotatable bonds is 7. The van der Waals surface area contributed by atoms with Crippen LogP contribution in [0.5, 0.6) is 17.2 Å². The van der Waals surface area contributed by atoms with Gasteiger partial charge in [0.25, 0.3) is 0 Å². The molecule has 156 valence electrons. The SMILES string of the molecule is COc1cc(/C=N/N2CCN(Cc3ccc(C)cc3C)CC2)cc(OC)c1OC. The van der Waals surface area contributed by atoms with Gasteiger partial charge in [0.1, 0.15) is 0 Å². The Labute approximate surface area is 173 Å². The summed E-state index contributed by atoms with van der Waals surface area (Å²) in [7, 11) is 4.84. The van der Waals surface area contributed by atoms with Crippen LogP contribution in [0.25, 0.3) is 0 Å². The maximum absolute atomic E-state index is 5.41. The highest BCUT2D eigenvalue weighted by Crippen LogP contribution is 2.37. The molecule has 1 heterocycles. The van der Waals surface area contributed by atoms with Gasteiger partial charge in [-0.25, -0.2) is 0 Å². The Morgan fingerprint density at radius 3 is 2.10 bits per heavy atom. The van der Waals surface area contributed by atoms with Gasteiger partial charge in [-0.15, -0.1) is 0 Å². The summed E-state index contributed by atoms with van der Waals surface area (Å²) in [6.07, 6.45) is 1.85. The lowest BCUT2D eigenvalue weighted by Crippen LogP contribution is -2.43. The van der Waals surface area contributed by atoms with E-state index in [0.29, 0.717) is 17.2 Å². The first kappa shape index (κ1) is 21.0. The van der Waals surface area contributed by atoms with Crippen LogP contribution in [0.2, 0.25) is 0 Å². The van der Waals surface area contributed by atoms with E-state index in [1.807, 2.05) is 18.3 Å². The van der Waals surface area contributed by atoms with Crippen LogP contribution < -0.4 is 14.2 Å². The zero-order valence-electron chi connectivity index (χ0n) is 18.1. The number of hydrogen-bond donors (Lipinski definition) is 0. The minimum Gasteiger partial charge on any atom is -0.493 e. The third kappa shape index (κ3) is 5.21. The lowest BCUT2D eigenvalue weighted by atomic mass is 10.1. The van der Waals surface area contributed by atoms with Crippen molar-refractivity contribution in [2.75, 3.05) is 47.5 Å². The van der Waals surface area contributed by atoms with Crippen molar-refractivity contribution in [1.29, 1.82) is 0 Å². The number of methoxy groups -OCH3 is 3. The second kappa shape index (κ2) is 9.65. The van der Waals surface area contributed by atoms with Crippen molar-refractivity contribution in [3.05, 3.63) is 52.6 Å². The van der Waals surface area contributed by atoms with Crippen LogP contribution in [0.1, 0.15) is 22.3 Å². The average molecular weight is 398 g/mol. The Kier molecular flexibility index (Phi) is 6.99. The molecule has 6 nitrogen and oxygen atoms in total. The second-order valence-corrected chi connectivity index (χ2v) is 7.36. The molecule has 0 N–H and O–H groups in total. The molecule has 1 saturated heterocycles. The van der Waals surface area contributed by atoms with Crippen molar-refractivity contribution in [3.8, 4) is 17.2 Å². The molecular weight excluding hydrogens is 366 g/mol. The van der Waals surface area contributed by atoms with Crippen molar-refractivity contribution in [1.82, 2.24) is 9.91 Å². The van der Waals surface area contributed by atoms with Gasteiger partial charge in [-0.2, -0.15) is 5.10 Å². The van der Waals surface area contributed by atoms with E-state index >= 15 is 0 Å². The lowest BCUT2D eigenvalue weighted by Gasteiger charge is -2.33. The molecule has 0 spiro atoms. The van der Waals surface area contributed by atoms with Gasteiger partial charge in [0, 0.05) is 38.3 Å². The van der Waals surface area contributed by atoms with E-state index in [2.05, 4.69) is 47.1 Å². The number of hydrogen-bond acceptors (Lipinski definition) is 6. The standard InChI is InChI=1S/C23H31N3O3/c1-17-6-7-20(18(2)12-17)16-25-8-10-26(11-9-25)24-15-19-13-21(27-3)23(29-5)22(14-19)28-4/h6-7,12-15H,8-11,16H2,1-5H3/b24-15+. The van der Waals surface area contributed by atoms with Crippen molar-refractivity contribution in [3.63, 3.8) is 0 Å². The maximum atomic E-state index is 5.41. The maximum Gasteiger partial charge on any atom is 0.203 e. The Bertz CT molecular complexity index is 833. The molecule has 0 unspecified atom stereocenters. The summed E-state index contributed by atoms with van der Waals surface area (Å²) in [5.41, 5.74) is 5.01. The van der Waals surface area contributed by atoms with E-state index in [0.717, 1.165) is 38.3 Å². The van der Waals surface area contributed by atoms with Crippen LogP contribution in [-0.4, -0.2) is 63.6 Å². The number of aryl methyl sites for hydroxylation is 2. The molecule has 3 rings (SSSR count). The smallest absolute Gasteiger partial charge is 0.203 e. The monoisotopic (exact) mass is 397 g/mol. The summed E-state index contributed by atoms with van der Waals surface area (Å²) in [4.78, 5) is 2.49. The molecule has 1 aliphatic rings. The zero-order chi connectivity index (χ0) is 20.8.